The first kappa shape index (κ1) is 8.72. The van der Waals surface area contributed by atoms with Crippen LogP contribution < -0.4 is 15.5 Å². The van der Waals surface area contributed by atoms with Crippen molar-refractivity contribution in [3.05, 3.63) is 34.5 Å². The highest BCUT2D eigenvalue weighted by Gasteiger charge is 2.24. The number of hydrogen-bond donors (Lipinski definition) is 0. The van der Waals surface area contributed by atoms with Crippen LogP contribution in [0.15, 0.2) is 23.3 Å². The maximum absolute atomic E-state index is 4.34. The normalized spacial score (nSPS) is 21.7. The monoisotopic (exact) mass is 198 g/mol. The molecule has 2 heterocycles. The third kappa shape index (κ3) is 0.965. The molecule has 2 heteroatoms. The van der Waals surface area contributed by atoms with E-state index < -0.39 is 0 Å². The van der Waals surface area contributed by atoms with Crippen LogP contribution in [-0.4, -0.2) is 13.1 Å². The van der Waals surface area contributed by atoms with Crippen molar-refractivity contribution in [1.29, 1.82) is 0 Å². The fourth-order valence-corrected chi connectivity index (χ4v) is 2.47. The molecule has 2 nitrogen and oxygen atoms in total. The Morgan fingerprint density at radius 2 is 2.13 bits per heavy atom. The molecular formula is C13H14N2. The molecule has 0 spiro atoms. The number of benzene rings is 1. The van der Waals surface area contributed by atoms with Gasteiger partial charge in [0.15, 0.2) is 0 Å². The molecule has 0 saturated carbocycles. The van der Waals surface area contributed by atoms with Gasteiger partial charge in [-0.2, -0.15) is 0 Å². The predicted octanol–water partition coefficient (Wildman–Crippen LogP) is 1.30. The van der Waals surface area contributed by atoms with Gasteiger partial charge in [0.05, 0.1) is 11.0 Å². The van der Waals surface area contributed by atoms with Gasteiger partial charge in [-0.1, -0.05) is 6.07 Å². The zero-order valence-electron chi connectivity index (χ0n) is 9.28. The van der Waals surface area contributed by atoms with Gasteiger partial charge < -0.3 is 4.90 Å². The van der Waals surface area contributed by atoms with Crippen molar-refractivity contribution in [3.63, 3.8) is 0 Å². The van der Waals surface area contributed by atoms with Gasteiger partial charge in [-0.3, -0.25) is 4.99 Å². The van der Waals surface area contributed by atoms with E-state index in [4.69, 9.17) is 0 Å². The van der Waals surface area contributed by atoms with Crippen LogP contribution in [0.5, 0.6) is 0 Å². The fourth-order valence-electron chi connectivity index (χ4n) is 2.47. The largest absolute Gasteiger partial charge is 0.367 e. The van der Waals surface area contributed by atoms with Crippen LogP contribution in [0.1, 0.15) is 19.4 Å². The van der Waals surface area contributed by atoms with E-state index in [1.165, 1.54) is 22.0 Å². The van der Waals surface area contributed by atoms with Crippen LogP contribution in [0.4, 0.5) is 5.69 Å². The summed E-state index contributed by atoms with van der Waals surface area (Å²) in [4.78, 5) is 6.69. The lowest BCUT2D eigenvalue weighted by Crippen LogP contribution is -2.26. The van der Waals surface area contributed by atoms with Crippen molar-refractivity contribution in [2.45, 2.75) is 19.9 Å². The van der Waals surface area contributed by atoms with E-state index in [2.05, 4.69) is 49.0 Å². The molecule has 1 aromatic rings. The molecule has 0 amide bonds. The molecule has 76 valence electrons. The molecule has 2 aliphatic rings. The Morgan fingerprint density at radius 1 is 1.33 bits per heavy atom. The molecule has 0 bridgehead atoms. The first-order valence-corrected chi connectivity index (χ1v) is 5.31. The summed E-state index contributed by atoms with van der Waals surface area (Å²) >= 11 is 0. The summed E-state index contributed by atoms with van der Waals surface area (Å²) in [7, 11) is 2.16. The van der Waals surface area contributed by atoms with E-state index in [0.29, 0.717) is 6.04 Å². The second-order valence-electron chi connectivity index (χ2n) is 4.31. The van der Waals surface area contributed by atoms with Gasteiger partial charge in [0.25, 0.3) is 0 Å². The Morgan fingerprint density at radius 3 is 2.93 bits per heavy atom. The van der Waals surface area contributed by atoms with Crippen LogP contribution in [0, 0.1) is 0 Å². The van der Waals surface area contributed by atoms with Crippen molar-refractivity contribution < 1.29 is 0 Å². The summed E-state index contributed by atoms with van der Waals surface area (Å²) in [5.74, 6) is 0. The minimum atomic E-state index is 0.500. The number of fused-ring (bicyclic) bond motifs is 3. The summed E-state index contributed by atoms with van der Waals surface area (Å²) in [6.45, 7) is 4.47. The van der Waals surface area contributed by atoms with E-state index >= 15 is 0 Å². The Bertz CT molecular complexity index is 581. The lowest BCUT2D eigenvalue weighted by molar-refractivity contribution is 0.856. The summed E-state index contributed by atoms with van der Waals surface area (Å²) in [6, 6.07) is 4.81. The lowest BCUT2D eigenvalue weighted by Gasteiger charge is -2.22. The molecule has 1 atom stereocenters. The highest BCUT2D eigenvalue weighted by Crippen LogP contribution is 2.26. The molecule has 1 unspecified atom stereocenters. The molecule has 1 aromatic carbocycles. The molecule has 2 aliphatic heterocycles. The summed E-state index contributed by atoms with van der Waals surface area (Å²) < 4.78 is 0. The second-order valence-corrected chi connectivity index (χ2v) is 4.31. The van der Waals surface area contributed by atoms with E-state index in [1.54, 1.807) is 0 Å². The smallest absolute Gasteiger partial charge is 0.0723 e. The highest BCUT2D eigenvalue weighted by molar-refractivity contribution is 5.78. The van der Waals surface area contributed by atoms with Crippen LogP contribution in [0.3, 0.4) is 0 Å². The number of nitrogens with zero attached hydrogens (tertiary/aromatic N) is 2. The van der Waals surface area contributed by atoms with Crippen molar-refractivity contribution in [1.82, 2.24) is 0 Å². The van der Waals surface area contributed by atoms with Gasteiger partial charge >= 0.3 is 0 Å². The number of anilines is 1. The quantitative estimate of drug-likeness (QED) is 0.613. The lowest BCUT2D eigenvalue weighted by atomic mass is 10.1. The minimum Gasteiger partial charge on any atom is -0.367 e. The SMILES string of the molecule is CC1=c2ccc3c(c2N(C)C1C)C=CN=3. The van der Waals surface area contributed by atoms with Crippen LogP contribution >= 0.6 is 0 Å². The van der Waals surface area contributed by atoms with Crippen LogP contribution in [0.2, 0.25) is 0 Å². The molecule has 0 N–H and O–H groups in total. The average Bonchev–Trinajstić information content (AvgIpc) is 2.78. The van der Waals surface area contributed by atoms with Crippen molar-refractivity contribution in [3.8, 4) is 0 Å². The Kier molecular flexibility index (Phi) is 1.58. The maximum Gasteiger partial charge on any atom is 0.0723 e. The molecule has 0 saturated heterocycles. The number of rotatable bonds is 0. The summed E-state index contributed by atoms with van der Waals surface area (Å²) in [5.41, 5.74) is 4.07. The minimum absolute atomic E-state index is 0.500. The molecule has 0 aromatic heterocycles. The van der Waals surface area contributed by atoms with E-state index in [9.17, 15) is 0 Å². The third-order valence-electron chi connectivity index (χ3n) is 3.63. The second kappa shape index (κ2) is 2.72. The summed E-state index contributed by atoms with van der Waals surface area (Å²) in [6.07, 6.45) is 3.99. The van der Waals surface area contributed by atoms with E-state index in [0.717, 1.165) is 5.36 Å². The average molecular weight is 198 g/mol. The first-order chi connectivity index (χ1) is 7.20. The molecule has 3 rings (SSSR count). The molecule has 0 fully saturated rings. The number of hydrogen-bond acceptors (Lipinski definition) is 2. The molecule has 0 radical (unpaired) electrons. The predicted molar refractivity (Wildman–Crippen MR) is 63.2 cm³/mol. The van der Waals surface area contributed by atoms with Gasteiger partial charge in [0.2, 0.25) is 0 Å². The van der Waals surface area contributed by atoms with Gasteiger partial charge in [0, 0.05) is 24.9 Å². The zero-order chi connectivity index (χ0) is 10.6. The zero-order valence-corrected chi connectivity index (χ0v) is 9.28. The van der Waals surface area contributed by atoms with Gasteiger partial charge in [-0.25, -0.2) is 0 Å². The maximum atomic E-state index is 4.34. The van der Waals surface area contributed by atoms with Crippen molar-refractivity contribution in [2.24, 2.45) is 4.99 Å². The molecule has 0 aliphatic carbocycles. The van der Waals surface area contributed by atoms with Gasteiger partial charge in [-0.05, 0) is 36.8 Å². The molecular weight excluding hydrogens is 184 g/mol. The first-order valence-electron chi connectivity index (χ1n) is 5.31. The van der Waals surface area contributed by atoms with Gasteiger partial charge in [-0.15, -0.1) is 0 Å². The standard InChI is InChI=1S/C13H14N2/c1-8-9(2)15(3)13-10(8)4-5-12-11(13)6-7-14-12/h4-7,9H,1-3H3. The summed E-state index contributed by atoms with van der Waals surface area (Å²) in [5, 5.41) is 2.48. The molecule has 15 heavy (non-hydrogen) atoms. The van der Waals surface area contributed by atoms with Crippen LogP contribution in [0.25, 0.3) is 11.6 Å². The van der Waals surface area contributed by atoms with E-state index in [-0.39, 0.29) is 0 Å². The van der Waals surface area contributed by atoms with Crippen molar-refractivity contribution in [2.75, 3.05) is 11.9 Å². The van der Waals surface area contributed by atoms with E-state index in [1.807, 2.05) is 6.20 Å². The fraction of sp³-hybridized carbons (Fsp3) is 0.308. The van der Waals surface area contributed by atoms with Gasteiger partial charge in [0.1, 0.15) is 0 Å². The third-order valence-corrected chi connectivity index (χ3v) is 3.63. The highest BCUT2D eigenvalue weighted by atomic mass is 15.1. The Labute approximate surface area is 89.3 Å². The van der Waals surface area contributed by atoms with Crippen molar-refractivity contribution >= 4 is 17.3 Å². The topological polar surface area (TPSA) is 15.6 Å². The van der Waals surface area contributed by atoms with Crippen LogP contribution in [-0.2, 0) is 0 Å². The Hall–Kier alpha value is -1.57. The Balaban J connectivity index is 2.44.